The number of nitrogens with zero attached hydrogens (tertiary/aromatic N) is 1. The first-order chi connectivity index (χ1) is 14.2. The highest BCUT2D eigenvalue weighted by atomic mass is 35.5. The van der Waals surface area contributed by atoms with Gasteiger partial charge in [0.15, 0.2) is 0 Å². The first-order valence-electron chi connectivity index (χ1n) is 9.37. The Morgan fingerprint density at radius 3 is 2.55 bits per heavy atom. The molecular formula is C24H18ClN3O. The zero-order valence-electron chi connectivity index (χ0n) is 15.5. The van der Waals surface area contributed by atoms with E-state index in [0.717, 1.165) is 33.6 Å². The third kappa shape index (κ3) is 3.75. The molecule has 0 aliphatic heterocycles. The van der Waals surface area contributed by atoms with Crippen molar-refractivity contribution >= 4 is 39.2 Å². The molecule has 0 atom stereocenters. The summed E-state index contributed by atoms with van der Waals surface area (Å²) in [5.41, 5.74) is 3.26. The zero-order valence-corrected chi connectivity index (χ0v) is 16.3. The van der Waals surface area contributed by atoms with E-state index >= 15 is 0 Å². The molecule has 0 spiro atoms. The van der Waals surface area contributed by atoms with E-state index in [2.05, 4.69) is 45.6 Å². The largest absolute Gasteiger partial charge is 0.457 e. The fourth-order valence-electron chi connectivity index (χ4n) is 3.42. The molecule has 0 bridgehead atoms. The second-order valence-corrected chi connectivity index (χ2v) is 7.28. The number of aromatic nitrogens is 2. The van der Waals surface area contributed by atoms with E-state index < -0.39 is 0 Å². The van der Waals surface area contributed by atoms with Crippen LogP contribution in [0.15, 0.2) is 85.1 Å². The van der Waals surface area contributed by atoms with Crippen LogP contribution >= 0.6 is 11.6 Å². The van der Waals surface area contributed by atoms with Crippen LogP contribution in [0.25, 0.3) is 21.8 Å². The first kappa shape index (κ1) is 17.6. The number of H-pyrrole nitrogens is 1. The normalized spacial score (nSPS) is 11.1. The Morgan fingerprint density at radius 1 is 0.828 bits per heavy atom. The van der Waals surface area contributed by atoms with E-state index in [1.54, 1.807) is 6.07 Å². The van der Waals surface area contributed by atoms with Gasteiger partial charge in [-0.2, -0.15) is 0 Å². The number of hydrogen-bond acceptors (Lipinski definition) is 3. The number of ether oxygens (including phenoxy) is 1. The molecule has 4 nitrogen and oxygen atoms in total. The van der Waals surface area contributed by atoms with Crippen LogP contribution in [0.1, 0.15) is 5.56 Å². The molecule has 0 amide bonds. The molecule has 2 N–H and O–H groups in total. The number of nitrogens with one attached hydrogen (secondary N) is 2. The van der Waals surface area contributed by atoms with Gasteiger partial charge in [-0.25, -0.2) is 4.98 Å². The molecule has 29 heavy (non-hydrogen) atoms. The Kier molecular flexibility index (Phi) is 4.54. The number of pyridine rings is 1. The number of rotatable bonds is 5. The highest BCUT2D eigenvalue weighted by Gasteiger charge is 2.06. The number of benzene rings is 3. The van der Waals surface area contributed by atoms with Gasteiger partial charge >= 0.3 is 0 Å². The van der Waals surface area contributed by atoms with Crippen LogP contribution in [0.4, 0.5) is 5.82 Å². The number of hydrogen-bond donors (Lipinski definition) is 2. The van der Waals surface area contributed by atoms with Gasteiger partial charge in [-0.15, -0.1) is 0 Å². The van der Waals surface area contributed by atoms with Gasteiger partial charge in [0.2, 0.25) is 0 Å². The highest BCUT2D eigenvalue weighted by molar-refractivity contribution is 6.30. The molecule has 5 rings (SSSR count). The SMILES string of the molecule is Clc1cccc(Oc2cccc(CNc3cc4c(cn3)[nH]c3ccccc34)c2)c1. The summed E-state index contributed by atoms with van der Waals surface area (Å²) in [5.74, 6) is 2.32. The molecular weight excluding hydrogens is 382 g/mol. The lowest BCUT2D eigenvalue weighted by Crippen LogP contribution is -2.01. The third-order valence-corrected chi connectivity index (χ3v) is 5.03. The van der Waals surface area contributed by atoms with Crippen LogP contribution < -0.4 is 10.1 Å². The molecule has 0 saturated carbocycles. The Labute approximate surface area is 173 Å². The summed E-state index contributed by atoms with van der Waals surface area (Å²) < 4.78 is 5.92. The van der Waals surface area contributed by atoms with E-state index in [9.17, 15) is 0 Å². The summed E-state index contributed by atoms with van der Waals surface area (Å²) in [6.07, 6.45) is 1.87. The Hall–Kier alpha value is -3.50. The first-order valence-corrected chi connectivity index (χ1v) is 9.75. The van der Waals surface area contributed by atoms with Gasteiger partial charge in [-0.1, -0.05) is 48.0 Å². The zero-order chi connectivity index (χ0) is 19.6. The molecule has 0 unspecified atom stereocenters. The van der Waals surface area contributed by atoms with Crippen molar-refractivity contribution in [1.82, 2.24) is 9.97 Å². The van der Waals surface area contributed by atoms with Crippen LogP contribution in [-0.2, 0) is 6.54 Å². The lowest BCUT2D eigenvalue weighted by molar-refractivity contribution is 0.482. The highest BCUT2D eigenvalue weighted by Crippen LogP contribution is 2.27. The summed E-state index contributed by atoms with van der Waals surface area (Å²) in [4.78, 5) is 7.93. The van der Waals surface area contributed by atoms with Crippen molar-refractivity contribution in [3.63, 3.8) is 0 Å². The maximum atomic E-state index is 6.03. The molecule has 0 aliphatic carbocycles. The van der Waals surface area contributed by atoms with E-state index in [1.165, 1.54) is 5.39 Å². The summed E-state index contributed by atoms with van der Waals surface area (Å²) in [6, 6.07) is 25.7. The monoisotopic (exact) mass is 399 g/mol. The number of aromatic amines is 1. The molecule has 0 saturated heterocycles. The maximum absolute atomic E-state index is 6.03. The minimum absolute atomic E-state index is 0.646. The van der Waals surface area contributed by atoms with Gasteiger partial charge in [0.25, 0.3) is 0 Å². The summed E-state index contributed by atoms with van der Waals surface area (Å²) in [5, 5.41) is 6.42. The van der Waals surface area contributed by atoms with Gasteiger partial charge in [0, 0.05) is 27.9 Å². The van der Waals surface area contributed by atoms with E-state index in [4.69, 9.17) is 16.3 Å². The Balaban J connectivity index is 1.34. The fourth-order valence-corrected chi connectivity index (χ4v) is 3.60. The second kappa shape index (κ2) is 7.49. The second-order valence-electron chi connectivity index (χ2n) is 6.85. The lowest BCUT2D eigenvalue weighted by Gasteiger charge is -2.09. The minimum Gasteiger partial charge on any atom is -0.457 e. The van der Waals surface area contributed by atoms with Crippen molar-refractivity contribution in [2.45, 2.75) is 6.54 Å². The topological polar surface area (TPSA) is 49.9 Å². The molecule has 0 radical (unpaired) electrons. The van der Waals surface area contributed by atoms with Crippen LogP contribution in [0.5, 0.6) is 11.5 Å². The van der Waals surface area contributed by atoms with Gasteiger partial charge in [-0.05, 0) is 48.0 Å². The standard InChI is InChI=1S/C24H18ClN3O/c25-17-6-4-8-19(12-17)29-18-7-3-5-16(11-18)14-26-24-13-21-20-9-1-2-10-22(20)28-23(21)15-27-24/h1-13,15,28H,14H2,(H,26,27). The van der Waals surface area contributed by atoms with Crippen LogP contribution in [0.2, 0.25) is 5.02 Å². The molecule has 2 aromatic heterocycles. The van der Waals surface area contributed by atoms with Crippen LogP contribution in [0.3, 0.4) is 0 Å². The molecule has 2 heterocycles. The maximum Gasteiger partial charge on any atom is 0.128 e. The molecule has 3 aromatic carbocycles. The summed E-state index contributed by atoms with van der Waals surface area (Å²) in [6.45, 7) is 0.646. The van der Waals surface area contributed by atoms with Gasteiger partial charge < -0.3 is 15.0 Å². The fraction of sp³-hybridized carbons (Fsp3) is 0.0417. The van der Waals surface area contributed by atoms with Gasteiger partial charge in [0.05, 0.1) is 11.7 Å². The van der Waals surface area contributed by atoms with Gasteiger partial charge in [-0.3, -0.25) is 0 Å². The average Bonchev–Trinajstić information content (AvgIpc) is 3.11. The average molecular weight is 400 g/mol. The van der Waals surface area contributed by atoms with Crippen molar-refractivity contribution < 1.29 is 4.74 Å². The van der Waals surface area contributed by atoms with Crippen molar-refractivity contribution in [2.75, 3.05) is 5.32 Å². The Morgan fingerprint density at radius 2 is 1.66 bits per heavy atom. The van der Waals surface area contributed by atoms with E-state index in [0.29, 0.717) is 17.3 Å². The van der Waals surface area contributed by atoms with Crippen molar-refractivity contribution in [3.8, 4) is 11.5 Å². The summed E-state index contributed by atoms with van der Waals surface area (Å²) in [7, 11) is 0. The van der Waals surface area contributed by atoms with Crippen LogP contribution in [-0.4, -0.2) is 9.97 Å². The van der Waals surface area contributed by atoms with Crippen molar-refractivity contribution in [3.05, 3.63) is 95.6 Å². The molecule has 0 fully saturated rings. The predicted octanol–water partition coefficient (Wildman–Crippen LogP) is 6.77. The van der Waals surface area contributed by atoms with Gasteiger partial charge in [0.1, 0.15) is 17.3 Å². The quantitative estimate of drug-likeness (QED) is 0.342. The molecule has 5 aromatic rings. The number of para-hydroxylation sites is 1. The smallest absolute Gasteiger partial charge is 0.128 e. The number of fused-ring (bicyclic) bond motifs is 3. The predicted molar refractivity (Wildman–Crippen MR) is 119 cm³/mol. The van der Waals surface area contributed by atoms with E-state index in [1.807, 2.05) is 48.7 Å². The minimum atomic E-state index is 0.646. The number of anilines is 1. The lowest BCUT2D eigenvalue weighted by atomic mass is 10.2. The van der Waals surface area contributed by atoms with Crippen molar-refractivity contribution in [1.29, 1.82) is 0 Å². The molecule has 142 valence electrons. The van der Waals surface area contributed by atoms with Crippen LogP contribution in [0, 0.1) is 0 Å². The Bertz CT molecular complexity index is 1310. The number of halogens is 1. The third-order valence-electron chi connectivity index (χ3n) is 4.79. The summed E-state index contributed by atoms with van der Waals surface area (Å²) >= 11 is 6.03. The molecule has 5 heteroatoms. The van der Waals surface area contributed by atoms with E-state index in [-0.39, 0.29) is 0 Å². The van der Waals surface area contributed by atoms with Crippen molar-refractivity contribution in [2.24, 2.45) is 0 Å². The molecule has 0 aliphatic rings.